The second kappa shape index (κ2) is 8.48. The van der Waals surface area contributed by atoms with Crippen molar-refractivity contribution in [3.8, 4) is 0 Å². The fourth-order valence-electron chi connectivity index (χ4n) is 3.60. The van der Waals surface area contributed by atoms with Crippen molar-refractivity contribution in [1.82, 2.24) is 25.6 Å². The minimum atomic E-state index is 0.307. The number of anilines is 1. The van der Waals surface area contributed by atoms with E-state index >= 15 is 0 Å². The van der Waals surface area contributed by atoms with Crippen LogP contribution in [0.4, 0.5) is 5.82 Å². The molecule has 7 nitrogen and oxygen atoms in total. The van der Waals surface area contributed by atoms with Gasteiger partial charge in [0.2, 0.25) is 0 Å². The lowest BCUT2D eigenvalue weighted by molar-refractivity contribution is 0.648. The zero-order chi connectivity index (χ0) is 19.3. The zero-order valence-electron chi connectivity index (χ0n) is 15.8. The van der Waals surface area contributed by atoms with Crippen LogP contribution in [0.3, 0.4) is 0 Å². The Balaban J connectivity index is 1.29. The van der Waals surface area contributed by atoms with E-state index in [0.717, 1.165) is 49.9 Å². The predicted octanol–water partition coefficient (Wildman–Crippen LogP) is 2.60. The highest BCUT2D eigenvalue weighted by molar-refractivity contribution is 6.32. The number of rotatable bonds is 5. The molecular formula is C20H24ClN7. The highest BCUT2D eigenvalue weighted by Crippen LogP contribution is 2.25. The summed E-state index contributed by atoms with van der Waals surface area (Å²) in [4.78, 5) is 18.5. The molecule has 0 bridgehead atoms. The van der Waals surface area contributed by atoms with Crippen molar-refractivity contribution in [3.63, 3.8) is 0 Å². The number of fused-ring (bicyclic) bond motifs is 1. The predicted molar refractivity (Wildman–Crippen MR) is 114 cm³/mol. The lowest BCUT2D eigenvalue weighted by Crippen LogP contribution is -2.45. The van der Waals surface area contributed by atoms with E-state index in [0.29, 0.717) is 11.1 Å². The van der Waals surface area contributed by atoms with Crippen LogP contribution >= 0.6 is 11.6 Å². The van der Waals surface area contributed by atoms with E-state index in [1.165, 1.54) is 10.9 Å². The third-order valence-corrected chi connectivity index (χ3v) is 5.31. The van der Waals surface area contributed by atoms with Crippen molar-refractivity contribution in [3.05, 3.63) is 53.4 Å². The fourth-order valence-corrected chi connectivity index (χ4v) is 3.84. The van der Waals surface area contributed by atoms with E-state index < -0.39 is 0 Å². The van der Waals surface area contributed by atoms with Gasteiger partial charge in [0.15, 0.2) is 5.96 Å². The molecule has 4 rings (SSSR count). The average Bonchev–Trinajstić information content (AvgIpc) is 3.35. The third-order valence-electron chi connectivity index (χ3n) is 5.01. The molecule has 146 valence electrons. The zero-order valence-corrected chi connectivity index (χ0v) is 16.6. The van der Waals surface area contributed by atoms with E-state index in [4.69, 9.17) is 11.6 Å². The first-order valence-corrected chi connectivity index (χ1v) is 9.86. The maximum absolute atomic E-state index is 6.28. The third kappa shape index (κ3) is 4.04. The lowest BCUT2D eigenvalue weighted by Gasteiger charge is -2.20. The van der Waals surface area contributed by atoms with Gasteiger partial charge in [0.05, 0.1) is 5.02 Å². The number of nitrogens with one attached hydrogen (secondary N) is 3. The van der Waals surface area contributed by atoms with E-state index in [9.17, 15) is 0 Å². The average molecular weight is 398 g/mol. The Hall–Kier alpha value is -2.80. The summed E-state index contributed by atoms with van der Waals surface area (Å²) in [6, 6.07) is 8.10. The van der Waals surface area contributed by atoms with Gasteiger partial charge >= 0.3 is 0 Å². The minimum absolute atomic E-state index is 0.307. The monoisotopic (exact) mass is 397 g/mol. The van der Waals surface area contributed by atoms with Crippen LogP contribution in [0, 0.1) is 0 Å². The second-order valence-corrected chi connectivity index (χ2v) is 7.25. The number of aliphatic imine (C=N–C) groups is 1. The summed E-state index contributed by atoms with van der Waals surface area (Å²) < 4.78 is 0. The van der Waals surface area contributed by atoms with Gasteiger partial charge in [-0.05, 0) is 42.7 Å². The number of hydrogen-bond donors (Lipinski definition) is 3. The molecule has 28 heavy (non-hydrogen) atoms. The highest BCUT2D eigenvalue weighted by Gasteiger charge is 2.25. The molecule has 0 aromatic carbocycles. The standard InChI is InChI=1S/C20H24ClN7/c1-22-20(25-10-6-14-12-26-18-16(14)4-2-8-23-18)27-15-7-11-28(13-15)19-17(21)5-3-9-24-19/h2-5,8-9,12,15H,6-7,10-11,13H2,1H3,(H,23,26)(H2,22,25,27). The molecule has 1 saturated heterocycles. The summed E-state index contributed by atoms with van der Waals surface area (Å²) in [5.74, 6) is 1.67. The van der Waals surface area contributed by atoms with Gasteiger partial charge in [-0.1, -0.05) is 11.6 Å². The van der Waals surface area contributed by atoms with Crippen LogP contribution in [0.25, 0.3) is 11.0 Å². The van der Waals surface area contributed by atoms with Crippen molar-refractivity contribution >= 4 is 34.4 Å². The van der Waals surface area contributed by atoms with Crippen LogP contribution in [0.1, 0.15) is 12.0 Å². The molecule has 3 N–H and O–H groups in total. The summed E-state index contributed by atoms with van der Waals surface area (Å²) >= 11 is 6.28. The molecule has 8 heteroatoms. The summed E-state index contributed by atoms with van der Waals surface area (Å²) in [6.45, 7) is 2.57. The number of aromatic nitrogens is 3. The van der Waals surface area contributed by atoms with Gasteiger partial charge in [0.25, 0.3) is 0 Å². The molecule has 0 spiro atoms. The Morgan fingerprint density at radius 3 is 3.04 bits per heavy atom. The van der Waals surface area contributed by atoms with E-state index in [1.54, 1.807) is 19.4 Å². The van der Waals surface area contributed by atoms with Crippen molar-refractivity contribution in [2.24, 2.45) is 4.99 Å². The molecule has 1 atom stereocenters. The van der Waals surface area contributed by atoms with Crippen LogP contribution < -0.4 is 15.5 Å². The molecule has 0 saturated carbocycles. The largest absolute Gasteiger partial charge is 0.356 e. The number of guanidine groups is 1. The molecule has 3 aromatic heterocycles. The van der Waals surface area contributed by atoms with Crippen LogP contribution in [-0.4, -0.2) is 53.6 Å². The van der Waals surface area contributed by atoms with Crippen LogP contribution in [0.15, 0.2) is 47.8 Å². The van der Waals surface area contributed by atoms with Gasteiger partial charge in [0.1, 0.15) is 11.5 Å². The van der Waals surface area contributed by atoms with Gasteiger partial charge in [-0.15, -0.1) is 0 Å². The summed E-state index contributed by atoms with van der Waals surface area (Å²) in [5, 5.41) is 8.78. The topological polar surface area (TPSA) is 81.2 Å². The number of hydrogen-bond acceptors (Lipinski definition) is 4. The van der Waals surface area contributed by atoms with Crippen molar-refractivity contribution < 1.29 is 0 Å². The van der Waals surface area contributed by atoms with Crippen molar-refractivity contribution in [1.29, 1.82) is 0 Å². The maximum atomic E-state index is 6.28. The normalized spacial score (nSPS) is 17.3. The fraction of sp³-hybridized carbons (Fsp3) is 0.350. The van der Waals surface area contributed by atoms with Gasteiger partial charge < -0.3 is 20.5 Å². The summed E-state index contributed by atoms with van der Waals surface area (Å²) in [7, 11) is 1.80. The Morgan fingerprint density at radius 1 is 1.32 bits per heavy atom. The second-order valence-electron chi connectivity index (χ2n) is 6.85. The minimum Gasteiger partial charge on any atom is -0.356 e. The quantitative estimate of drug-likeness (QED) is 0.455. The van der Waals surface area contributed by atoms with Crippen LogP contribution in [0.2, 0.25) is 5.02 Å². The Labute approximate surface area is 169 Å². The van der Waals surface area contributed by atoms with Crippen molar-refractivity contribution in [2.45, 2.75) is 18.9 Å². The number of nitrogens with zero attached hydrogens (tertiary/aromatic N) is 4. The number of pyridine rings is 2. The van der Waals surface area contributed by atoms with Crippen LogP contribution in [0.5, 0.6) is 0 Å². The maximum Gasteiger partial charge on any atom is 0.191 e. The molecule has 0 aliphatic carbocycles. The first-order valence-electron chi connectivity index (χ1n) is 9.48. The van der Waals surface area contributed by atoms with Crippen LogP contribution in [-0.2, 0) is 6.42 Å². The van der Waals surface area contributed by atoms with Gasteiger partial charge in [-0.25, -0.2) is 9.97 Å². The van der Waals surface area contributed by atoms with E-state index in [2.05, 4.69) is 41.5 Å². The molecule has 4 heterocycles. The molecule has 3 aromatic rings. The first kappa shape index (κ1) is 18.6. The number of aromatic amines is 1. The smallest absolute Gasteiger partial charge is 0.191 e. The van der Waals surface area contributed by atoms with Gasteiger partial charge in [0, 0.05) is 56.7 Å². The van der Waals surface area contributed by atoms with E-state index in [-0.39, 0.29) is 0 Å². The molecule has 0 radical (unpaired) electrons. The Kier molecular flexibility index (Phi) is 5.62. The first-order chi connectivity index (χ1) is 13.7. The molecule has 1 aliphatic heterocycles. The molecular weight excluding hydrogens is 374 g/mol. The van der Waals surface area contributed by atoms with Crippen molar-refractivity contribution in [2.75, 3.05) is 31.6 Å². The van der Waals surface area contributed by atoms with E-state index in [1.807, 2.05) is 24.4 Å². The molecule has 1 aliphatic rings. The van der Waals surface area contributed by atoms with Gasteiger partial charge in [-0.2, -0.15) is 0 Å². The summed E-state index contributed by atoms with van der Waals surface area (Å²) in [6.07, 6.45) is 7.52. The SMILES string of the molecule is CN=C(NCCc1c[nH]c2ncccc12)NC1CCN(c2ncccc2Cl)C1. The Morgan fingerprint density at radius 2 is 2.18 bits per heavy atom. The number of halogens is 1. The molecule has 1 unspecified atom stereocenters. The summed E-state index contributed by atoms with van der Waals surface area (Å²) in [5.41, 5.74) is 2.18. The van der Waals surface area contributed by atoms with Gasteiger partial charge in [-0.3, -0.25) is 4.99 Å². The Bertz CT molecular complexity index is 968. The molecule has 1 fully saturated rings. The molecule has 0 amide bonds. The highest BCUT2D eigenvalue weighted by atomic mass is 35.5. The number of H-pyrrole nitrogens is 1. The lowest BCUT2D eigenvalue weighted by atomic mass is 10.1.